The molecule has 1 fully saturated rings. The number of imide groups is 1. The Labute approximate surface area is 271 Å². The maximum Gasteiger partial charge on any atom is 1.00 e. The first kappa shape index (κ1) is 34.1. The summed E-state index contributed by atoms with van der Waals surface area (Å²) in [6.07, 6.45) is -0.747. The molecule has 0 spiro atoms. The number of nitro groups is 2. The third-order valence-electron chi connectivity index (χ3n) is 5.52. The molecule has 1 saturated heterocycles. The van der Waals surface area contributed by atoms with E-state index in [2.05, 4.69) is 25.7 Å². The molecule has 23 heteroatoms. The summed E-state index contributed by atoms with van der Waals surface area (Å²) in [6, 6.07) is 5.78. The van der Waals surface area contributed by atoms with Crippen LogP contribution < -0.4 is 34.9 Å². The first-order valence-electron chi connectivity index (χ1n) is 11.6. The van der Waals surface area contributed by atoms with Crippen LogP contribution >= 0.6 is 11.8 Å². The van der Waals surface area contributed by atoms with Gasteiger partial charge in [0.1, 0.15) is 10.1 Å². The minimum Gasteiger partial charge on any atom is -0.744 e. The summed E-state index contributed by atoms with van der Waals surface area (Å²) in [4.78, 5) is 73.0. The van der Waals surface area contributed by atoms with Crippen molar-refractivity contribution in [3.8, 4) is 5.69 Å². The number of benzene rings is 2. The van der Waals surface area contributed by atoms with Gasteiger partial charge in [-0.05, 0) is 46.5 Å². The molecule has 0 saturated carbocycles. The number of rotatable bonds is 11. The first-order chi connectivity index (χ1) is 20.3. The van der Waals surface area contributed by atoms with Gasteiger partial charge in [-0.25, -0.2) is 13.2 Å². The minimum atomic E-state index is -4.76. The average molecular weight is 659 g/mol. The van der Waals surface area contributed by atoms with Gasteiger partial charge in [-0.1, -0.05) is 0 Å². The zero-order chi connectivity index (χ0) is 31.5. The first-order valence-corrected chi connectivity index (χ1v) is 13.8. The number of nitrogens with one attached hydrogen (secondary N) is 1. The molecule has 0 unspecified atom stereocenters. The van der Waals surface area contributed by atoms with Gasteiger partial charge in [0.2, 0.25) is 5.16 Å². The number of tetrazole rings is 1. The van der Waals surface area contributed by atoms with Crippen LogP contribution in [-0.4, -0.2) is 78.3 Å². The van der Waals surface area contributed by atoms with E-state index in [-0.39, 0.29) is 53.2 Å². The van der Waals surface area contributed by atoms with Gasteiger partial charge in [-0.2, -0.15) is 4.68 Å². The van der Waals surface area contributed by atoms with Crippen LogP contribution in [0.15, 0.2) is 51.3 Å². The Balaban J connectivity index is 0.00000529. The Morgan fingerprint density at radius 2 is 1.59 bits per heavy atom. The normalized spacial score (nSPS) is 12.9. The molecule has 20 nitrogen and oxygen atoms in total. The Morgan fingerprint density at radius 3 is 2.11 bits per heavy atom. The minimum absolute atomic E-state index is 0. The molecule has 0 atom stereocenters. The SMILES string of the molecule is O=C(CCNC(=O)c1cc([N+](=O)[O-])c(Sc2nnnn2-c2ccc(S(=O)(=O)[O-])cc2)c([N+](=O)[O-])c1)ON1C(=O)CCC1=O.[Na+]. The maximum absolute atomic E-state index is 12.7. The van der Waals surface area contributed by atoms with Crippen molar-refractivity contribution in [2.75, 3.05) is 6.54 Å². The second-order valence-corrected chi connectivity index (χ2v) is 10.7. The molecular formula is C21H15N8NaO12S2. The Kier molecular flexibility index (Phi) is 10.8. The van der Waals surface area contributed by atoms with Crippen molar-refractivity contribution in [3.05, 3.63) is 62.2 Å². The number of nitrogens with zero attached hydrogens (tertiary/aromatic N) is 7. The third-order valence-corrected chi connectivity index (χ3v) is 7.43. The van der Waals surface area contributed by atoms with E-state index < -0.39 is 83.4 Å². The van der Waals surface area contributed by atoms with Crippen LogP contribution in [-0.2, 0) is 29.3 Å². The molecule has 4 rings (SSSR count). The Morgan fingerprint density at radius 1 is 1.02 bits per heavy atom. The van der Waals surface area contributed by atoms with Gasteiger partial charge in [-0.15, -0.1) is 10.2 Å². The summed E-state index contributed by atoms with van der Waals surface area (Å²) in [5, 5.41) is 36.9. The molecule has 44 heavy (non-hydrogen) atoms. The van der Waals surface area contributed by atoms with E-state index in [1.165, 1.54) is 0 Å². The topological polar surface area (TPSA) is 280 Å². The van der Waals surface area contributed by atoms with Gasteiger partial charge in [0.15, 0.2) is 4.90 Å². The summed E-state index contributed by atoms with van der Waals surface area (Å²) < 4.78 is 34.5. The predicted molar refractivity (Wildman–Crippen MR) is 135 cm³/mol. The van der Waals surface area contributed by atoms with E-state index in [1.807, 2.05) is 0 Å². The predicted octanol–water partition coefficient (Wildman–Crippen LogP) is -2.73. The van der Waals surface area contributed by atoms with Gasteiger partial charge in [0.25, 0.3) is 29.1 Å². The van der Waals surface area contributed by atoms with Crippen LogP contribution in [0.2, 0.25) is 0 Å². The largest absolute Gasteiger partial charge is 1.00 e. The second-order valence-electron chi connectivity index (χ2n) is 8.33. The number of hydrogen-bond acceptors (Lipinski definition) is 16. The number of carbonyl (C=O) groups is 4. The fraction of sp³-hybridized carbons (Fsp3) is 0.190. The number of carbonyl (C=O) groups excluding carboxylic acids is 4. The van der Waals surface area contributed by atoms with Crippen LogP contribution in [0.4, 0.5) is 11.4 Å². The molecule has 0 radical (unpaired) electrons. The fourth-order valence-electron chi connectivity index (χ4n) is 3.54. The monoisotopic (exact) mass is 658 g/mol. The zero-order valence-electron chi connectivity index (χ0n) is 22.1. The maximum atomic E-state index is 12.7. The van der Waals surface area contributed by atoms with Gasteiger partial charge >= 0.3 is 35.5 Å². The number of amides is 3. The average Bonchev–Trinajstić information content (AvgIpc) is 3.54. The molecule has 1 aliphatic rings. The van der Waals surface area contributed by atoms with Crippen LogP contribution in [0.5, 0.6) is 0 Å². The summed E-state index contributed by atoms with van der Waals surface area (Å²) in [6.45, 7) is -0.410. The van der Waals surface area contributed by atoms with Crippen molar-refractivity contribution in [1.29, 1.82) is 0 Å². The van der Waals surface area contributed by atoms with Crippen molar-refractivity contribution in [3.63, 3.8) is 0 Å². The molecule has 0 aliphatic carbocycles. The van der Waals surface area contributed by atoms with Crippen molar-refractivity contribution < 1.29 is 76.4 Å². The van der Waals surface area contributed by atoms with E-state index in [0.717, 1.165) is 41.1 Å². The summed E-state index contributed by atoms with van der Waals surface area (Å²) in [5.41, 5.74) is -2.12. The Bertz CT molecular complexity index is 1730. The van der Waals surface area contributed by atoms with E-state index >= 15 is 0 Å². The van der Waals surface area contributed by atoms with Crippen LogP contribution in [0.25, 0.3) is 5.69 Å². The second kappa shape index (κ2) is 14.0. The molecule has 1 N–H and O–H groups in total. The van der Waals surface area contributed by atoms with Crippen LogP contribution in [0.1, 0.15) is 29.6 Å². The molecule has 1 aliphatic heterocycles. The van der Waals surface area contributed by atoms with Crippen molar-refractivity contribution >= 4 is 56.9 Å². The Hall–Kier alpha value is -4.35. The van der Waals surface area contributed by atoms with E-state index in [9.17, 15) is 52.4 Å². The van der Waals surface area contributed by atoms with Gasteiger partial charge in [-0.3, -0.25) is 34.6 Å². The van der Waals surface area contributed by atoms with E-state index in [4.69, 9.17) is 0 Å². The standard InChI is InChI=1S/C21H16N8O12S2.Na/c30-16-5-6-17(31)27(16)41-18(32)7-8-22-20(33)11-9-14(28(34)35)19(15(10-11)29(36)37)42-21-23-24-25-26(21)12-1-3-13(4-2-12)43(38,39)40;/h1-4,9-10H,5-8H2,(H,22,33)(H,38,39,40);/q;+1/p-1. The van der Waals surface area contributed by atoms with Crippen molar-refractivity contribution in [1.82, 2.24) is 30.6 Å². The van der Waals surface area contributed by atoms with Gasteiger partial charge < -0.3 is 14.7 Å². The zero-order valence-corrected chi connectivity index (χ0v) is 25.8. The molecule has 0 bridgehead atoms. The van der Waals surface area contributed by atoms with E-state index in [1.54, 1.807) is 0 Å². The van der Waals surface area contributed by atoms with Gasteiger partial charge in [0.05, 0.1) is 32.4 Å². The third kappa shape index (κ3) is 7.78. The summed E-state index contributed by atoms with van der Waals surface area (Å²) in [5.74, 6) is -3.47. The molecule has 2 aromatic carbocycles. The molecular weight excluding hydrogens is 643 g/mol. The summed E-state index contributed by atoms with van der Waals surface area (Å²) >= 11 is 0.404. The van der Waals surface area contributed by atoms with Crippen LogP contribution in [0.3, 0.4) is 0 Å². The fourth-order valence-corrected chi connectivity index (χ4v) is 4.97. The smallest absolute Gasteiger partial charge is 0.744 e. The molecule has 2 heterocycles. The van der Waals surface area contributed by atoms with E-state index in [0.29, 0.717) is 16.8 Å². The molecule has 3 amide bonds. The molecule has 1 aromatic heterocycles. The van der Waals surface area contributed by atoms with Crippen molar-refractivity contribution in [2.24, 2.45) is 0 Å². The number of aromatic nitrogens is 4. The molecule has 3 aromatic rings. The van der Waals surface area contributed by atoms with Gasteiger partial charge in [0, 0.05) is 31.5 Å². The number of hydroxylamine groups is 2. The quantitative estimate of drug-likeness (QED) is 0.0719. The molecule has 224 valence electrons. The van der Waals surface area contributed by atoms with Crippen LogP contribution in [0, 0.1) is 20.2 Å². The number of hydrogen-bond donors (Lipinski definition) is 1. The van der Waals surface area contributed by atoms with Crippen molar-refractivity contribution in [2.45, 2.75) is 34.2 Å². The number of nitro benzene ring substituents is 2. The summed E-state index contributed by atoms with van der Waals surface area (Å²) in [7, 11) is -4.76.